The average molecular weight is 250 g/mol. The van der Waals surface area contributed by atoms with Crippen molar-refractivity contribution in [2.45, 2.75) is 59.0 Å². The summed E-state index contributed by atoms with van der Waals surface area (Å²) in [7, 11) is 0. The number of rotatable bonds is 3. The van der Waals surface area contributed by atoms with E-state index in [2.05, 4.69) is 13.8 Å². The summed E-state index contributed by atoms with van der Waals surface area (Å²) in [6, 6.07) is 0. The average Bonchev–Trinajstić information content (AvgIpc) is 2.98. The second-order valence-electron chi connectivity index (χ2n) is 7.16. The molecule has 0 N–H and O–H groups in total. The Kier molecular flexibility index (Phi) is 3.15. The molecule has 3 fully saturated rings. The van der Waals surface area contributed by atoms with Crippen molar-refractivity contribution in [2.24, 2.45) is 35.5 Å². The van der Waals surface area contributed by atoms with E-state index in [-0.39, 0.29) is 18.0 Å². The fraction of sp³-hybridized carbons (Fsp3) is 0.938. The number of carbonyl (C=O) groups excluding carboxylic acids is 1. The summed E-state index contributed by atoms with van der Waals surface area (Å²) >= 11 is 0. The zero-order chi connectivity index (χ0) is 12.9. The number of ether oxygens (including phenoxy) is 1. The maximum atomic E-state index is 12.1. The fourth-order valence-electron chi connectivity index (χ4n) is 4.67. The van der Waals surface area contributed by atoms with Crippen LogP contribution in [-0.4, -0.2) is 12.1 Å². The summed E-state index contributed by atoms with van der Waals surface area (Å²) in [6.45, 7) is 6.19. The van der Waals surface area contributed by atoms with Gasteiger partial charge in [0.15, 0.2) is 0 Å². The van der Waals surface area contributed by atoms with Gasteiger partial charge < -0.3 is 4.74 Å². The lowest BCUT2D eigenvalue weighted by molar-refractivity contribution is -0.159. The van der Waals surface area contributed by atoms with Gasteiger partial charge in [0.25, 0.3) is 0 Å². The van der Waals surface area contributed by atoms with E-state index >= 15 is 0 Å². The van der Waals surface area contributed by atoms with E-state index in [9.17, 15) is 4.79 Å². The first kappa shape index (κ1) is 12.5. The molecule has 2 nitrogen and oxygen atoms in total. The molecule has 6 unspecified atom stereocenters. The molecule has 0 aromatic carbocycles. The molecule has 0 aromatic heterocycles. The monoisotopic (exact) mass is 250 g/mol. The molecule has 18 heavy (non-hydrogen) atoms. The lowest BCUT2D eigenvalue weighted by atomic mass is 9.80. The van der Waals surface area contributed by atoms with Crippen LogP contribution in [0.2, 0.25) is 0 Å². The van der Waals surface area contributed by atoms with E-state index in [0.717, 1.165) is 24.2 Å². The molecule has 0 aromatic rings. The van der Waals surface area contributed by atoms with Crippen LogP contribution in [0.15, 0.2) is 0 Å². The van der Waals surface area contributed by atoms with Crippen LogP contribution < -0.4 is 0 Å². The Balaban J connectivity index is 1.61. The van der Waals surface area contributed by atoms with Gasteiger partial charge in [0, 0.05) is 0 Å². The summed E-state index contributed by atoms with van der Waals surface area (Å²) in [5, 5.41) is 0. The largest absolute Gasteiger partial charge is 0.462 e. The Morgan fingerprint density at radius 1 is 1.06 bits per heavy atom. The molecule has 3 saturated carbocycles. The lowest BCUT2D eigenvalue weighted by Gasteiger charge is -2.32. The van der Waals surface area contributed by atoms with Crippen molar-refractivity contribution in [2.75, 3.05) is 0 Å². The van der Waals surface area contributed by atoms with E-state index in [1.807, 2.05) is 6.92 Å². The van der Waals surface area contributed by atoms with Gasteiger partial charge in [0.05, 0.1) is 5.92 Å². The molecule has 3 aliphatic carbocycles. The number of fused-ring (bicyclic) bond motifs is 5. The van der Waals surface area contributed by atoms with Gasteiger partial charge in [0.1, 0.15) is 6.10 Å². The van der Waals surface area contributed by atoms with Gasteiger partial charge in [0.2, 0.25) is 0 Å². The zero-order valence-corrected chi connectivity index (χ0v) is 11.9. The first-order valence-electron chi connectivity index (χ1n) is 7.78. The number of esters is 1. The molecule has 0 radical (unpaired) electrons. The van der Waals surface area contributed by atoms with Crippen LogP contribution in [0.5, 0.6) is 0 Å². The minimum absolute atomic E-state index is 0.0390. The summed E-state index contributed by atoms with van der Waals surface area (Å²) < 4.78 is 5.84. The van der Waals surface area contributed by atoms with Crippen LogP contribution in [-0.2, 0) is 9.53 Å². The highest BCUT2D eigenvalue weighted by Crippen LogP contribution is 2.59. The van der Waals surface area contributed by atoms with Crippen LogP contribution in [0.1, 0.15) is 52.9 Å². The molecule has 0 amide bonds. The van der Waals surface area contributed by atoms with Crippen LogP contribution in [0.3, 0.4) is 0 Å². The third-order valence-electron chi connectivity index (χ3n) is 6.01. The maximum absolute atomic E-state index is 12.1. The third-order valence-corrected chi connectivity index (χ3v) is 6.01. The summed E-state index contributed by atoms with van der Waals surface area (Å²) in [5.41, 5.74) is 0. The van der Waals surface area contributed by atoms with Gasteiger partial charge in [-0.25, -0.2) is 0 Å². The van der Waals surface area contributed by atoms with E-state index < -0.39 is 0 Å². The van der Waals surface area contributed by atoms with Crippen molar-refractivity contribution in [3.63, 3.8) is 0 Å². The SMILES string of the molecule is CC(C)C(C)C(=O)OC1CC2CC1C1CCCC21. The number of hydrogen-bond acceptors (Lipinski definition) is 2. The molecular formula is C16H26O2. The molecule has 102 valence electrons. The minimum Gasteiger partial charge on any atom is -0.462 e. The van der Waals surface area contributed by atoms with Crippen LogP contribution in [0.4, 0.5) is 0 Å². The molecule has 0 spiro atoms. The summed E-state index contributed by atoms with van der Waals surface area (Å²) in [5.74, 6) is 3.90. The molecule has 3 rings (SSSR count). The van der Waals surface area contributed by atoms with Gasteiger partial charge in [-0.05, 0) is 55.3 Å². The van der Waals surface area contributed by atoms with Gasteiger partial charge in [-0.3, -0.25) is 4.79 Å². The summed E-state index contributed by atoms with van der Waals surface area (Å²) in [4.78, 5) is 12.1. The first-order chi connectivity index (χ1) is 8.58. The highest BCUT2D eigenvalue weighted by molar-refractivity contribution is 5.72. The van der Waals surface area contributed by atoms with E-state index in [1.54, 1.807) is 0 Å². The van der Waals surface area contributed by atoms with Crippen molar-refractivity contribution < 1.29 is 9.53 Å². The van der Waals surface area contributed by atoms with E-state index in [4.69, 9.17) is 4.74 Å². The molecule has 2 heteroatoms. The molecule has 0 saturated heterocycles. The van der Waals surface area contributed by atoms with E-state index in [0.29, 0.717) is 11.8 Å². The highest BCUT2D eigenvalue weighted by atomic mass is 16.5. The van der Waals surface area contributed by atoms with Crippen molar-refractivity contribution >= 4 is 5.97 Å². The van der Waals surface area contributed by atoms with Crippen LogP contribution in [0.25, 0.3) is 0 Å². The van der Waals surface area contributed by atoms with E-state index in [1.165, 1.54) is 25.7 Å². The Morgan fingerprint density at radius 2 is 1.78 bits per heavy atom. The molecule has 3 aliphatic rings. The van der Waals surface area contributed by atoms with Crippen molar-refractivity contribution in [1.29, 1.82) is 0 Å². The van der Waals surface area contributed by atoms with Gasteiger partial charge in [-0.2, -0.15) is 0 Å². The standard InChI is InChI=1S/C16H26O2/c1-9(2)10(3)16(17)18-15-8-11-7-14(15)13-6-4-5-12(11)13/h9-15H,4-8H2,1-3H3. The van der Waals surface area contributed by atoms with Crippen LogP contribution in [0, 0.1) is 35.5 Å². The second-order valence-corrected chi connectivity index (χ2v) is 7.16. The Morgan fingerprint density at radius 3 is 2.50 bits per heavy atom. The van der Waals surface area contributed by atoms with Crippen LogP contribution >= 0.6 is 0 Å². The van der Waals surface area contributed by atoms with Crippen molar-refractivity contribution in [3.05, 3.63) is 0 Å². The Bertz CT molecular complexity index is 336. The predicted molar refractivity (Wildman–Crippen MR) is 70.9 cm³/mol. The third kappa shape index (κ3) is 1.88. The Hall–Kier alpha value is -0.530. The van der Waals surface area contributed by atoms with Gasteiger partial charge >= 0.3 is 5.97 Å². The molecule has 6 atom stereocenters. The number of hydrogen-bond donors (Lipinski definition) is 0. The highest BCUT2D eigenvalue weighted by Gasteiger charge is 2.55. The molecule has 0 heterocycles. The quantitative estimate of drug-likeness (QED) is 0.715. The number of carbonyl (C=O) groups is 1. The zero-order valence-electron chi connectivity index (χ0n) is 11.9. The topological polar surface area (TPSA) is 26.3 Å². The maximum Gasteiger partial charge on any atom is 0.309 e. The molecular weight excluding hydrogens is 224 g/mol. The normalized spacial score (nSPS) is 43.2. The predicted octanol–water partition coefficient (Wildman–Crippen LogP) is 3.65. The Labute approximate surface area is 110 Å². The smallest absolute Gasteiger partial charge is 0.309 e. The van der Waals surface area contributed by atoms with Gasteiger partial charge in [-0.15, -0.1) is 0 Å². The van der Waals surface area contributed by atoms with Crippen molar-refractivity contribution in [1.82, 2.24) is 0 Å². The van der Waals surface area contributed by atoms with Gasteiger partial charge in [-0.1, -0.05) is 27.2 Å². The summed E-state index contributed by atoms with van der Waals surface area (Å²) in [6.07, 6.45) is 6.98. The first-order valence-corrected chi connectivity index (χ1v) is 7.78. The minimum atomic E-state index is 0.0390. The fourth-order valence-corrected chi connectivity index (χ4v) is 4.67. The molecule has 2 bridgehead atoms. The second kappa shape index (κ2) is 4.54. The van der Waals surface area contributed by atoms with Crippen molar-refractivity contribution in [3.8, 4) is 0 Å². The lowest BCUT2D eigenvalue weighted by Crippen LogP contribution is -2.34. The molecule has 0 aliphatic heterocycles.